The fourth-order valence-electron chi connectivity index (χ4n) is 3.41. The SMILES string of the molecule is CN1CCc2ccc(NC(=O)C=CC3NNc4ccccc43)cc2C1. The van der Waals surface area contributed by atoms with E-state index >= 15 is 0 Å². The molecule has 0 fully saturated rings. The number of hydrazine groups is 1. The van der Waals surface area contributed by atoms with Crippen molar-refractivity contribution in [2.45, 2.75) is 19.0 Å². The summed E-state index contributed by atoms with van der Waals surface area (Å²) in [6, 6.07) is 14.2. The number of likely N-dealkylation sites (N-methyl/N-ethyl adjacent to an activating group) is 1. The Labute approximate surface area is 147 Å². The van der Waals surface area contributed by atoms with Gasteiger partial charge in [-0.2, -0.15) is 0 Å². The maximum absolute atomic E-state index is 12.3. The number of rotatable bonds is 3. The van der Waals surface area contributed by atoms with Gasteiger partial charge in [-0.25, -0.2) is 5.43 Å². The van der Waals surface area contributed by atoms with Crippen LogP contribution in [-0.2, 0) is 17.8 Å². The molecule has 0 saturated carbocycles. The number of para-hydroxylation sites is 1. The van der Waals surface area contributed by atoms with Crippen LogP contribution in [0, 0.1) is 0 Å². The van der Waals surface area contributed by atoms with Gasteiger partial charge in [-0.3, -0.25) is 4.79 Å². The lowest BCUT2D eigenvalue weighted by Crippen LogP contribution is -2.26. The summed E-state index contributed by atoms with van der Waals surface area (Å²) in [6.45, 7) is 2.02. The van der Waals surface area contributed by atoms with Crippen LogP contribution < -0.4 is 16.2 Å². The minimum Gasteiger partial charge on any atom is -0.323 e. The number of carbonyl (C=O) groups excluding carboxylic acids is 1. The van der Waals surface area contributed by atoms with Crippen molar-refractivity contribution in [1.82, 2.24) is 10.3 Å². The molecule has 2 aliphatic rings. The lowest BCUT2D eigenvalue weighted by Gasteiger charge is -2.25. The molecule has 2 aromatic rings. The smallest absolute Gasteiger partial charge is 0.248 e. The third kappa shape index (κ3) is 3.43. The summed E-state index contributed by atoms with van der Waals surface area (Å²) in [4.78, 5) is 14.6. The van der Waals surface area contributed by atoms with Gasteiger partial charge in [0.05, 0.1) is 11.7 Å². The zero-order valence-electron chi connectivity index (χ0n) is 14.3. The molecule has 1 unspecified atom stereocenters. The van der Waals surface area contributed by atoms with E-state index in [1.165, 1.54) is 11.1 Å². The summed E-state index contributed by atoms with van der Waals surface area (Å²) < 4.78 is 0. The van der Waals surface area contributed by atoms with E-state index in [9.17, 15) is 4.79 Å². The summed E-state index contributed by atoms with van der Waals surface area (Å²) in [7, 11) is 2.12. The maximum Gasteiger partial charge on any atom is 0.248 e. The van der Waals surface area contributed by atoms with Gasteiger partial charge in [0.15, 0.2) is 0 Å². The monoisotopic (exact) mass is 334 g/mol. The Morgan fingerprint density at radius 3 is 3.04 bits per heavy atom. The number of amides is 1. The van der Waals surface area contributed by atoms with Crippen molar-refractivity contribution in [2.24, 2.45) is 0 Å². The van der Waals surface area contributed by atoms with E-state index in [2.05, 4.69) is 46.3 Å². The molecule has 2 aromatic carbocycles. The number of nitrogens with zero attached hydrogens (tertiary/aromatic N) is 1. The van der Waals surface area contributed by atoms with Crippen molar-refractivity contribution >= 4 is 17.3 Å². The van der Waals surface area contributed by atoms with Crippen LogP contribution in [0.2, 0.25) is 0 Å². The van der Waals surface area contributed by atoms with Crippen molar-refractivity contribution in [2.75, 3.05) is 24.3 Å². The van der Waals surface area contributed by atoms with Gasteiger partial charge in [-0.15, -0.1) is 0 Å². The molecule has 25 heavy (non-hydrogen) atoms. The highest BCUT2D eigenvalue weighted by atomic mass is 16.1. The summed E-state index contributed by atoms with van der Waals surface area (Å²) >= 11 is 0. The van der Waals surface area contributed by atoms with E-state index in [0.717, 1.165) is 36.4 Å². The highest BCUT2D eigenvalue weighted by molar-refractivity contribution is 5.99. The third-order valence-corrected chi connectivity index (χ3v) is 4.78. The normalized spacial score (nSPS) is 19.3. The number of fused-ring (bicyclic) bond motifs is 2. The Hall–Kier alpha value is -2.63. The molecule has 0 spiro atoms. The molecular weight excluding hydrogens is 312 g/mol. The third-order valence-electron chi connectivity index (χ3n) is 4.78. The van der Waals surface area contributed by atoms with Crippen molar-refractivity contribution in [3.8, 4) is 0 Å². The fourth-order valence-corrected chi connectivity index (χ4v) is 3.41. The van der Waals surface area contributed by atoms with Crippen LogP contribution in [0.15, 0.2) is 54.6 Å². The zero-order chi connectivity index (χ0) is 17.2. The fraction of sp³-hybridized carbons (Fsp3) is 0.250. The van der Waals surface area contributed by atoms with E-state index < -0.39 is 0 Å². The molecule has 128 valence electrons. The number of hydrogen-bond donors (Lipinski definition) is 3. The first-order valence-electron chi connectivity index (χ1n) is 8.59. The van der Waals surface area contributed by atoms with Crippen molar-refractivity contribution in [1.29, 1.82) is 0 Å². The van der Waals surface area contributed by atoms with E-state index in [4.69, 9.17) is 0 Å². The Kier molecular flexibility index (Phi) is 4.26. The van der Waals surface area contributed by atoms with E-state index in [1.54, 1.807) is 6.08 Å². The number of nitrogens with one attached hydrogen (secondary N) is 3. The summed E-state index contributed by atoms with van der Waals surface area (Å²) in [5, 5.41) is 2.96. The van der Waals surface area contributed by atoms with Crippen LogP contribution in [-0.4, -0.2) is 24.4 Å². The Balaban J connectivity index is 1.42. The molecule has 1 atom stereocenters. The molecule has 5 nitrogen and oxygen atoms in total. The molecule has 2 heterocycles. The van der Waals surface area contributed by atoms with Crippen molar-refractivity contribution < 1.29 is 4.79 Å². The average Bonchev–Trinajstić information content (AvgIpc) is 3.03. The van der Waals surface area contributed by atoms with Gasteiger partial charge >= 0.3 is 0 Å². The van der Waals surface area contributed by atoms with Crippen molar-refractivity contribution in [3.05, 3.63) is 71.3 Å². The highest BCUT2D eigenvalue weighted by Gasteiger charge is 2.18. The van der Waals surface area contributed by atoms with Gasteiger partial charge in [0.25, 0.3) is 0 Å². The predicted molar refractivity (Wildman–Crippen MR) is 100 cm³/mol. The Morgan fingerprint density at radius 1 is 1.24 bits per heavy atom. The molecule has 3 N–H and O–H groups in total. The Morgan fingerprint density at radius 2 is 2.12 bits per heavy atom. The second-order valence-corrected chi connectivity index (χ2v) is 6.65. The lowest BCUT2D eigenvalue weighted by molar-refractivity contribution is -0.111. The van der Waals surface area contributed by atoms with Gasteiger partial charge < -0.3 is 15.6 Å². The Bertz CT molecular complexity index is 830. The van der Waals surface area contributed by atoms with Crippen LogP contribution in [0.1, 0.15) is 22.7 Å². The largest absolute Gasteiger partial charge is 0.323 e. The summed E-state index contributed by atoms with van der Waals surface area (Å²) in [6.07, 6.45) is 4.53. The quantitative estimate of drug-likeness (QED) is 0.756. The molecule has 0 radical (unpaired) electrons. The molecule has 4 rings (SSSR count). The van der Waals surface area contributed by atoms with Gasteiger partial charge in [0.1, 0.15) is 0 Å². The van der Waals surface area contributed by atoms with Gasteiger partial charge in [-0.05, 0) is 48.4 Å². The van der Waals surface area contributed by atoms with Crippen molar-refractivity contribution in [3.63, 3.8) is 0 Å². The summed E-state index contributed by atoms with van der Waals surface area (Å²) in [5.74, 6) is -0.115. The lowest BCUT2D eigenvalue weighted by atomic mass is 9.99. The summed E-state index contributed by atoms with van der Waals surface area (Å²) in [5.41, 5.74) is 12.0. The first kappa shape index (κ1) is 15.9. The van der Waals surface area contributed by atoms with Gasteiger partial charge in [0, 0.05) is 24.9 Å². The topological polar surface area (TPSA) is 56.4 Å². The van der Waals surface area contributed by atoms with Crippen LogP contribution in [0.3, 0.4) is 0 Å². The van der Waals surface area contributed by atoms with Gasteiger partial charge in [0.2, 0.25) is 5.91 Å². The van der Waals surface area contributed by atoms with E-state index in [1.807, 2.05) is 30.3 Å². The molecule has 0 aliphatic carbocycles. The standard InChI is InChI=1S/C20H22N4O/c1-24-11-10-14-6-7-16(12-15(14)13-24)21-20(25)9-8-19-17-4-2-3-5-18(17)22-23-19/h2-9,12,19,22-23H,10-11,13H2,1H3,(H,21,25). The van der Waals surface area contributed by atoms with Crippen LogP contribution in [0.5, 0.6) is 0 Å². The molecule has 5 heteroatoms. The first-order chi connectivity index (χ1) is 12.2. The first-order valence-corrected chi connectivity index (χ1v) is 8.59. The second kappa shape index (κ2) is 6.70. The molecule has 0 saturated heterocycles. The van der Waals surface area contributed by atoms with Crippen LogP contribution in [0.25, 0.3) is 0 Å². The molecular formula is C20H22N4O. The van der Waals surface area contributed by atoms with Crippen LogP contribution in [0.4, 0.5) is 11.4 Å². The molecule has 0 aromatic heterocycles. The average molecular weight is 334 g/mol. The second-order valence-electron chi connectivity index (χ2n) is 6.65. The number of anilines is 2. The number of benzene rings is 2. The minimum atomic E-state index is -0.115. The molecule has 0 bridgehead atoms. The zero-order valence-corrected chi connectivity index (χ0v) is 14.3. The van der Waals surface area contributed by atoms with Gasteiger partial charge in [-0.1, -0.05) is 30.3 Å². The predicted octanol–water partition coefficient (Wildman–Crippen LogP) is 2.84. The highest BCUT2D eigenvalue weighted by Crippen LogP contribution is 2.28. The van der Waals surface area contributed by atoms with Crippen LogP contribution >= 0.6 is 0 Å². The van der Waals surface area contributed by atoms with E-state index in [-0.39, 0.29) is 11.9 Å². The van der Waals surface area contributed by atoms with E-state index in [0.29, 0.717) is 0 Å². The minimum absolute atomic E-state index is 0.000803. The maximum atomic E-state index is 12.3. The molecule has 2 aliphatic heterocycles. The number of hydrogen-bond acceptors (Lipinski definition) is 4. The molecule has 1 amide bonds. The number of carbonyl (C=O) groups is 1.